The van der Waals surface area contributed by atoms with Crippen LogP contribution in [-0.4, -0.2) is 8.42 Å². The lowest BCUT2D eigenvalue weighted by Crippen LogP contribution is -2.13. The molecular formula is C13H11N3O2S. The van der Waals surface area contributed by atoms with Crippen molar-refractivity contribution in [2.24, 2.45) is 0 Å². The number of rotatable bonds is 3. The van der Waals surface area contributed by atoms with E-state index < -0.39 is 10.0 Å². The van der Waals surface area contributed by atoms with E-state index in [0.717, 1.165) is 0 Å². The van der Waals surface area contributed by atoms with E-state index in [1.165, 1.54) is 24.3 Å². The largest absolute Gasteiger partial charge is 0.399 e. The van der Waals surface area contributed by atoms with Gasteiger partial charge in [0.1, 0.15) is 6.07 Å². The summed E-state index contributed by atoms with van der Waals surface area (Å²) in [6.07, 6.45) is 0. The minimum Gasteiger partial charge on any atom is -0.399 e. The van der Waals surface area contributed by atoms with Gasteiger partial charge in [0.15, 0.2) is 0 Å². The molecule has 2 rings (SSSR count). The first-order valence-electron chi connectivity index (χ1n) is 5.40. The molecule has 0 heterocycles. The lowest BCUT2D eigenvalue weighted by Gasteiger charge is -2.10. The zero-order valence-corrected chi connectivity index (χ0v) is 10.7. The molecule has 0 saturated heterocycles. The van der Waals surface area contributed by atoms with Gasteiger partial charge < -0.3 is 5.73 Å². The zero-order valence-electron chi connectivity index (χ0n) is 9.87. The van der Waals surface area contributed by atoms with Crippen LogP contribution < -0.4 is 10.5 Å². The van der Waals surface area contributed by atoms with Crippen LogP contribution in [-0.2, 0) is 10.0 Å². The summed E-state index contributed by atoms with van der Waals surface area (Å²) in [7, 11) is -3.72. The van der Waals surface area contributed by atoms with Gasteiger partial charge in [0.2, 0.25) is 0 Å². The third kappa shape index (κ3) is 2.84. The molecule has 6 heteroatoms. The Kier molecular flexibility index (Phi) is 3.40. The Morgan fingerprint density at radius 2 is 1.79 bits per heavy atom. The van der Waals surface area contributed by atoms with Gasteiger partial charge in [-0.25, -0.2) is 8.42 Å². The number of sulfonamides is 1. The van der Waals surface area contributed by atoms with E-state index in [1.807, 2.05) is 6.07 Å². The fraction of sp³-hybridized carbons (Fsp3) is 0. The molecule has 0 amide bonds. The SMILES string of the molecule is N#Cc1ccc(N)cc1NS(=O)(=O)c1ccccc1. The molecule has 0 aliphatic carbocycles. The second-order valence-electron chi connectivity index (χ2n) is 3.84. The molecule has 0 spiro atoms. The zero-order chi connectivity index (χ0) is 13.9. The standard InChI is InChI=1S/C13H11N3O2S/c14-9-10-6-7-11(15)8-13(10)16-19(17,18)12-4-2-1-3-5-12/h1-8,16H,15H2. The van der Waals surface area contributed by atoms with Gasteiger partial charge in [-0.3, -0.25) is 4.72 Å². The second kappa shape index (κ2) is 5.00. The first kappa shape index (κ1) is 12.9. The van der Waals surface area contributed by atoms with Crippen LogP contribution in [0.15, 0.2) is 53.4 Å². The Labute approximate surface area is 111 Å². The number of nitrogens with one attached hydrogen (secondary N) is 1. The Morgan fingerprint density at radius 1 is 1.11 bits per heavy atom. The highest BCUT2D eigenvalue weighted by Crippen LogP contribution is 2.22. The summed E-state index contributed by atoms with van der Waals surface area (Å²) in [5.74, 6) is 0. The van der Waals surface area contributed by atoms with Crippen molar-refractivity contribution in [1.82, 2.24) is 0 Å². The minimum atomic E-state index is -3.72. The minimum absolute atomic E-state index is 0.126. The predicted molar refractivity (Wildman–Crippen MR) is 72.8 cm³/mol. The third-order valence-electron chi connectivity index (χ3n) is 2.46. The maximum absolute atomic E-state index is 12.1. The van der Waals surface area contributed by atoms with Crippen LogP contribution in [0.5, 0.6) is 0 Å². The van der Waals surface area contributed by atoms with Crippen molar-refractivity contribution in [1.29, 1.82) is 5.26 Å². The Hall–Kier alpha value is -2.52. The highest BCUT2D eigenvalue weighted by Gasteiger charge is 2.15. The van der Waals surface area contributed by atoms with Crippen molar-refractivity contribution in [3.05, 3.63) is 54.1 Å². The molecule has 0 aliphatic heterocycles. The molecule has 0 aromatic heterocycles. The van der Waals surface area contributed by atoms with Crippen LogP contribution in [0.4, 0.5) is 11.4 Å². The summed E-state index contributed by atoms with van der Waals surface area (Å²) in [6, 6.07) is 14.3. The van der Waals surface area contributed by atoms with Crippen LogP contribution >= 0.6 is 0 Å². The molecule has 2 aromatic carbocycles. The molecule has 19 heavy (non-hydrogen) atoms. The first-order chi connectivity index (χ1) is 9.03. The number of hydrogen-bond donors (Lipinski definition) is 2. The van der Waals surface area contributed by atoms with E-state index in [4.69, 9.17) is 11.0 Å². The summed E-state index contributed by atoms with van der Waals surface area (Å²) in [5.41, 5.74) is 6.36. The van der Waals surface area contributed by atoms with Gasteiger partial charge in [-0.15, -0.1) is 0 Å². The molecule has 0 saturated carbocycles. The quantitative estimate of drug-likeness (QED) is 0.835. The fourth-order valence-electron chi connectivity index (χ4n) is 1.55. The molecule has 0 aliphatic rings. The van der Waals surface area contributed by atoms with E-state index in [-0.39, 0.29) is 16.1 Å². The van der Waals surface area contributed by atoms with E-state index in [2.05, 4.69) is 4.72 Å². The van der Waals surface area contributed by atoms with Crippen molar-refractivity contribution in [3.8, 4) is 6.07 Å². The van der Waals surface area contributed by atoms with Crippen LogP contribution in [0, 0.1) is 11.3 Å². The predicted octanol–water partition coefficient (Wildman–Crippen LogP) is 1.94. The number of hydrogen-bond acceptors (Lipinski definition) is 4. The van der Waals surface area contributed by atoms with Crippen LogP contribution in [0.3, 0.4) is 0 Å². The van der Waals surface area contributed by atoms with Gasteiger partial charge in [-0.2, -0.15) is 5.26 Å². The average Bonchev–Trinajstić information content (AvgIpc) is 2.39. The van der Waals surface area contributed by atoms with E-state index >= 15 is 0 Å². The second-order valence-corrected chi connectivity index (χ2v) is 5.52. The number of nitrogens with zero attached hydrogens (tertiary/aromatic N) is 1. The molecule has 0 fully saturated rings. The van der Waals surface area contributed by atoms with Crippen molar-refractivity contribution < 1.29 is 8.42 Å². The fourth-order valence-corrected chi connectivity index (χ4v) is 2.64. The van der Waals surface area contributed by atoms with Crippen molar-refractivity contribution in [2.45, 2.75) is 4.90 Å². The normalized spacial score (nSPS) is 10.7. The van der Waals surface area contributed by atoms with Gasteiger partial charge in [0, 0.05) is 5.69 Å². The highest BCUT2D eigenvalue weighted by atomic mass is 32.2. The Bertz CT molecular complexity index is 734. The topological polar surface area (TPSA) is 96.0 Å². The van der Waals surface area contributed by atoms with Gasteiger partial charge in [0.25, 0.3) is 10.0 Å². The Balaban J connectivity index is 2.42. The molecule has 0 atom stereocenters. The lowest BCUT2D eigenvalue weighted by atomic mass is 10.2. The van der Waals surface area contributed by atoms with Gasteiger partial charge in [-0.1, -0.05) is 18.2 Å². The molecule has 0 bridgehead atoms. The average molecular weight is 273 g/mol. The van der Waals surface area contributed by atoms with Crippen LogP contribution in [0.1, 0.15) is 5.56 Å². The Morgan fingerprint density at radius 3 is 2.42 bits per heavy atom. The third-order valence-corrected chi connectivity index (χ3v) is 3.84. The first-order valence-corrected chi connectivity index (χ1v) is 6.89. The summed E-state index contributed by atoms with van der Waals surface area (Å²) in [5, 5.41) is 8.95. The smallest absolute Gasteiger partial charge is 0.261 e. The maximum atomic E-state index is 12.1. The highest BCUT2D eigenvalue weighted by molar-refractivity contribution is 7.92. The molecular weight excluding hydrogens is 262 g/mol. The van der Waals surface area contributed by atoms with Gasteiger partial charge in [0.05, 0.1) is 16.1 Å². The van der Waals surface area contributed by atoms with E-state index in [0.29, 0.717) is 5.69 Å². The molecule has 0 unspecified atom stereocenters. The summed E-state index contributed by atoms with van der Waals surface area (Å²) >= 11 is 0. The summed E-state index contributed by atoms with van der Waals surface area (Å²) in [4.78, 5) is 0.126. The van der Waals surface area contributed by atoms with E-state index in [9.17, 15) is 8.42 Å². The number of nitrogens with two attached hydrogens (primary N) is 1. The number of anilines is 2. The molecule has 0 radical (unpaired) electrons. The molecule has 2 aromatic rings. The van der Waals surface area contributed by atoms with Gasteiger partial charge >= 0.3 is 0 Å². The van der Waals surface area contributed by atoms with Crippen LogP contribution in [0.25, 0.3) is 0 Å². The number of benzene rings is 2. The van der Waals surface area contributed by atoms with Crippen molar-refractivity contribution >= 4 is 21.4 Å². The number of nitriles is 1. The molecule has 3 N–H and O–H groups in total. The maximum Gasteiger partial charge on any atom is 0.261 e. The lowest BCUT2D eigenvalue weighted by molar-refractivity contribution is 0.601. The summed E-state index contributed by atoms with van der Waals surface area (Å²) in [6.45, 7) is 0. The molecule has 96 valence electrons. The summed E-state index contributed by atoms with van der Waals surface area (Å²) < 4.78 is 26.6. The van der Waals surface area contributed by atoms with Crippen LogP contribution in [0.2, 0.25) is 0 Å². The van der Waals surface area contributed by atoms with Gasteiger partial charge in [-0.05, 0) is 30.3 Å². The monoisotopic (exact) mass is 273 g/mol. The van der Waals surface area contributed by atoms with Crippen molar-refractivity contribution in [2.75, 3.05) is 10.5 Å². The van der Waals surface area contributed by atoms with E-state index in [1.54, 1.807) is 24.3 Å². The molecule has 5 nitrogen and oxygen atoms in total. The van der Waals surface area contributed by atoms with Crippen molar-refractivity contribution in [3.63, 3.8) is 0 Å². The number of nitrogen functional groups attached to an aromatic ring is 1.